The van der Waals surface area contributed by atoms with Gasteiger partial charge in [0.25, 0.3) is 0 Å². The van der Waals surface area contributed by atoms with Crippen molar-refractivity contribution in [2.45, 2.75) is 163 Å². The van der Waals surface area contributed by atoms with Gasteiger partial charge < -0.3 is 30.2 Å². The Morgan fingerprint density at radius 3 is 1.83 bits per heavy atom. The molecule has 0 saturated heterocycles. The zero-order chi connectivity index (χ0) is 49.8. The second kappa shape index (κ2) is 27.8. The van der Waals surface area contributed by atoms with E-state index in [4.69, 9.17) is 25.8 Å². The van der Waals surface area contributed by atoms with Crippen molar-refractivity contribution in [1.82, 2.24) is 16.0 Å². The number of hydrogen-bond donors (Lipinski definition) is 3. The fourth-order valence-corrected chi connectivity index (χ4v) is 7.31. The van der Waals surface area contributed by atoms with Crippen LogP contribution >= 0.6 is 11.6 Å². The zero-order valence-electron chi connectivity index (χ0n) is 40.9. The molecule has 366 valence electrons. The third-order valence-corrected chi connectivity index (χ3v) is 11.0. The second-order valence-corrected chi connectivity index (χ2v) is 19.6. The average Bonchev–Trinajstić information content (AvgIpc) is 3.23. The van der Waals surface area contributed by atoms with Gasteiger partial charge in [0.2, 0.25) is 17.6 Å². The van der Waals surface area contributed by atoms with E-state index in [0.29, 0.717) is 42.9 Å². The van der Waals surface area contributed by atoms with E-state index >= 15 is 0 Å². The van der Waals surface area contributed by atoms with E-state index in [-0.39, 0.29) is 43.8 Å². The number of methoxy groups -OCH3 is 1. The van der Waals surface area contributed by atoms with Gasteiger partial charge in [-0.15, -0.1) is 0 Å². The molecule has 2 aromatic carbocycles. The summed E-state index contributed by atoms with van der Waals surface area (Å²) in [5.41, 5.74) is 0.475. The van der Waals surface area contributed by atoms with Crippen LogP contribution in [0.15, 0.2) is 48.5 Å². The Morgan fingerprint density at radius 2 is 1.27 bits per heavy atom. The molecule has 0 unspecified atom stereocenters. The molecule has 0 spiro atoms. The maximum Gasteiger partial charge on any atom is 0.407 e. The second-order valence-electron chi connectivity index (χ2n) is 19.2. The van der Waals surface area contributed by atoms with Gasteiger partial charge in [0, 0.05) is 68.4 Å². The highest BCUT2D eigenvalue weighted by Gasteiger charge is 2.36. The Labute approximate surface area is 396 Å². The van der Waals surface area contributed by atoms with Gasteiger partial charge in [-0.1, -0.05) is 88.0 Å². The Bertz CT molecular complexity index is 1940. The number of unbranched alkanes of at least 4 members (excludes halogenated alkanes) is 3. The highest BCUT2D eigenvalue weighted by molar-refractivity contribution is 6.38. The first kappa shape index (κ1) is 57.3. The first-order chi connectivity index (χ1) is 30.8. The normalized spacial score (nSPS) is 14.4. The molecule has 3 N–H and O–H groups in total. The highest BCUT2D eigenvalue weighted by atomic mass is 35.5. The number of nitrogens with one attached hydrogen (secondary N) is 3. The molecule has 0 aliphatic heterocycles. The van der Waals surface area contributed by atoms with Crippen LogP contribution in [0.3, 0.4) is 0 Å². The Hall–Kier alpha value is -4.79. The lowest BCUT2D eigenvalue weighted by molar-refractivity contribution is -0.140. The number of halogens is 1. The molecular formula is C51H74ClN3O11. The number of alkyl carbamates (subject to hydrolysis) is 1. The number of ketones is 5. The van der Waals surface area contributed by atoms with Gasteiger partial charge in [0.1, 0.15) is 11.6 Å². The van der Waals surface area contributed by atoms with Crippen molar-refractivity contribution in [3.05, 3.63) is 59.1 Å². The number of hydrogen-bond acceptors (Lipinski definition) is 11. The van der Waals surface area contributed by atoms with E-state index in [1.54, 1.807) is 92.0 Å². The molecule has 0 saturated carbocycles. The van der Waals surface area contributed by atoms with E-state index in [2.05, 4.69) is 16.0 Å². The van der Waals surface area contributed by atoms with Crippen molar-refractivity contribution >= 4 is 58.4 Å². The molecule has 14 nitrogen and oxygen atoms in total. The summed E-state index contributed by atoms with van der Waals surface area (Å²) >= 11 is 6.05. The smallest absolute Gasteiger partial charge is 0.407 e. The molecule has 0 aromatic heterocycles. The van der Waals surface area contributed by atoms with Crippen LogP contribution in [0, 0.1) is 17.8 Å². The molecule has 2 rings (SSSR count). The van der Waals surface area contributed by atoms with Crippen molar-refractivity contribution in [3.63, 3.8) is 0 Å². The lowest BCUT2D eigenvalue weighted by atomic mass is 9.90. The Morgan fingerprint density at radius 1 is 0.682 bits per heavy atom. The molecule has 6 atom stereocenters. The SMILES string of the molecule is CCCCC[C@H](NC(=O)[C@H](C)CC(=O)[C@@H](NC(=O)[C@H](CNC(=O)OC(C)(C)C)CC(=O)c1ccc(-c2ccc(Cl)cc2)cc1)[C@@H](C)OC(C)(C)C)C(=O)C[C@@H](C)C(=O)C(=O)CCCCOC. The monoisotopic (exact) mass is 940 g/mol. The summed E-state index contributed by atoms with van der Waals surface area (Å²) in [5.74, 6) is -6.77. The van der Waals surface area contributed by atoms with Crippen molar-refractivity contribution in [3.8, 4) is 11.1 Å². The standard InChI is InChI=1S/C51H74ClN3O11/c1-12-13-14-17-40(43(58)28-32(2)46(60)41(56)18-15-16-27-64-11)54-47(61)33(3)29-44(59)45(34(4)65-50(5,6)7)55-48(62)38(31-53-49(63)66-51(8,9)10)30-42(57)37-21-19-35(20-22-37)36-23-25-39(52)26-24-36/h19-26,32-34,38,40,45H,12-18,27-31H2,1-11H3,(H,53,63)(H,54,61)(H,55,62)/t32-,33-,34-,38+,40+,45+/m1/s1. The summed E-state index contributed by atoms with van der Waals surface area (Å²) in [4.78, 5) is 108. The summed E-state index contributed by atoms with van der Waals surface area (Å²) < 4.78 is 16.5. The molecule has 0 fully saturated rings. The number of benzene rings is 2. The number of Topliss-reactive ketones (excluding diaryl/α,β-unsaturated/α-hetero) is 5. The number of rotatable bonds is 29. The van der Waals surface area contributed by atoms with Gasteiger partial charge in [-0.2, -0.15) is 0 Å². The predicted molar refractivity (Wildman–Crippen MR) is 255 cm³/mol. The van der Waals surface area contributed by atoms with Gasteiger partial charge in [0.05, 0.1) is 23.7 Å². The summed E-state index contributed by atoms with van der Waals surface area (Å²) in [5, 5.41) is 8.76. The Balaban J connectivity index is 2.32. The first-order valence-electron chi connectivity index (χ1n) is 23.1. The topological polar surface area (TPSA) is 200 Å². The van der Waals surface area contributed by atoms with Crippen molar-refractivity contribution < 1.29 is 52.6 Å². The van der Waals surface area contributed by atoms with Crippen LogP contribution in [0.25, 0.3) is 11.1 Å². The summed E-state index contributed by atoms with van der Waals surface area (Å²) in [6.45, 7) is 17.3. The average molecular weight is 941 g/mol. The molecule has 0 aliphatic rings. The van der Waals surface area contributed by atoms with E-state index in [9.17, 15) is 38.4 Å². The van der Waals surface area contributed by atoms with Crippen LogP contribution in [-0.2, 0) is 43.0 Å². The number of carbonyl (C=O) groups excluding carboxylic acids is 8. The molecule has 3 amide bonds. The largest absolute Gasteiger partial charge is 0.444 e. The fourth-order valence-electron chi connectivity index (χ4n) is 7.18. The molecule has 15 heteroatoms. The van der Waals surface area contributed by atoms with Crippen molar-refractivity contribution in [2.75, 3.05) is 20.3 Å². The zero-order valence-corrected chi connectivity index (χ0v) is 41.7. The third-order valence-electron chi connectivity index (χ3n) is 10.7. The maximum atomic E-state index is 14.2. The van der Waals surface area contributed by atoms with Gasteiger partial charge in [-0.05, 0) is 91.0 Å². The predicted octanol–water partition coefficient (Wildman–Crippen LogP) is 8.62. The molecule has 0 aliphatic carbocycles. The van der Waals surface area contributed by atoms with E-state index in [0.717, 1.165) is 24.0 Å². The van der Waals surface area contributed by atoms with Crippen molar-refractivity contribution in [1.29, 1.82) is 0 Å². The van der Waals surface area contributed by atoms with Crippen LogP contribution in [0.5, 0.6) is 0 Å². The van der Waals surface area contributed by atoms with Crippen molar-refractivity contribution in [2.24, 2.45) is 17.8 Å². The summed E-state index contributed by atoms with van der Waals surface area (Å²) in [6.07, 6.45) is 1.15. The third kappa shape index (κ3) is 21.2. The molecule has 0 bridgehead atoms. The highest BCUT2D eigenvalue weighted by Crippen LogP contribution is 2.24. The van der Waals surface area contributed by atoms with Crippen LogP contribution in [-0.4, -0.2) is 96.5 Å². The van der Waals surface area contributed by atoms with Crippen LogP contribution in [0.2, 0.25) is 5.02 Å². The number of carbonyl (C=O) groups is 8. The van der Waals surface area contributed by atoms with E-state index in [1.165, 1.54) is 13.8 Å². The number of ether oxygens (including phenoxy) is 3. The first-order valence-corrected chi connectivity index (χ1v) is 23.5. The molecular weight excluding hydrogens is 866 g/mol. The fraction of sp³-hybridized carbons (Fsp3) is 0.608. The molecule has 66 heavy (non-hydrogen) atoms. The number of amides is 3. The molecule has 0 radical (unpaired) electrons. The van der Waals surface area contributed by atoms with Crippen LogP contribution in [0.4, 0.5) is 4.79 Å². The minimum absolute atomic E-state index is 0.0619. The van der Waals surface area contributed by atoms with Crippen LogP contribution < -0.4 is 16.0 Å². The minimum atomic E-state index is -1.29. The summed E-state index contributed by atoms with van der Waals surface area (Å²) in [6, 6.07) is 11.9. The van der Waals surface area contributed by atoms with Gasteiger partial charge in [0.15, 0.2) is 23.1 Å². The van der Waals surface area contributed by atoms with Gasteiger partial charge in [-0.25, -0.2) is 4.79 Å². The minimum Gasteiger partial charge on any atom is -0.444 e. The van der Waals surface area contributed by atoms with Gasteiger partial charge >= 0.3 is 6.09 Å². The van der Waals surface area contributed by atoms with E-state index in [1.807, 2.05) is 19.1 Å². The Kier molecular flexibility index (Phi) is 24.1. The quantitative estimate of drug-likeness (QED) is 0.0401. The van der Waals surface area contributed by atoms with E-state index < -0.39 is 82.4 Å². The molecule has 2 aromatic rings. The lowest BCUT2D eigenvalue weighted by Crippen LogP contribution is -2.54. The molecule has 0 heterocycles. The van der Waals surface area contributed by atoms with Crippen LogP contribution in [0.1, 0.15) is 144 Å². The van der Waals surface area contributed by atoms with Gasteiger partial charge in [-0.3, -0.25) is 33.6 Å². The maximum absolute atomic E-state index is 14.2. The summed E-state index contributed by atoms with van der Waals surface area (Å²) in [7, 11) is 1.56. The lowest BCUT2D eigenvalue weighted by Gasteiger charge is -2.32.